The Morgan fingerprint density at radius 2 is 2.00 bits per heavy atom. The van der Waals surface area contributed by atoms with Crippen LogP contribution in [-0.2, 0) is 14.3 Å². The van der Waals surface area contributed by atoms with E-state index in [-0.39, 0.29) is 18.8 Å². The summed E-state index contributed by atoms with van der Waals surface area (Å²) in [4.78, 5) is 38.0. The van der Waals surface area contributed by atoms with Crippen molar-refractivity contribution in [3.8, 4) is 16.3 Å². The van der Waals surface area contributed by atoms with E-state index in [1.54, 1.807) is 6.07 Å². The summed E-state index contributed by atoms with van der Waals surface area (Å²) >= 11 is 1.50. The Morgan fingerprint density at radius 1 is 1.18 bits per heavy atom. The fraction of sp³-hybridized carbons (Fsp3) is 0.158. The summed E-state index contributed by atoms with van der Waals surface area (Å²) in [6, 6.07) is 14.6. The highest BCUT2D eigenvalue weighted by molar-refractivity contribution is 7.13. The molecule has 8 nitrogen and oxygen atoms in total. The van der Waals surface area contributed by atoms with Gasteiger partial charge in [-0.25, -0.2) is 19.2 Å². The van der Waals surface area contributed by atoms with Gasteiger partial charge in [-0.05, 0) is 23.6 Å². The van der Waals surface area contributed by atoms with E-state index in [2.05, 4.69) is 5.10 Å². The molecule has 1 aliphatic heterocycles. The predicted molar refractivity (Wildman–Crippen MR) is 100 cm³/mol. The maximum Gasteiger partial charge on any atom is 0.416 e. The Balaban J connectivity index is 1.58. The van der Waals surface area contributed by atoms with Gasteiger partial charge in [0, 0.05) is 6.07 Å². The number of imide groups is 1. The van der Waals surface area contributed by atoms with Gasteiger partial charge in [0.15, 0.2) is 12.3 Å². The number of nitrogens with zero attached hydrogens (tertiary/aromatic N) is 3. The van der Waals surface area contributed by atoms with Crippen LogP contribution in [0.15, 0.2) is 53.9 Å². The van der Waals surface area contributed by atoms with Crippen LogP contribution in [-0.4, -0.2) is 52.4 Å². The normalized spacial score (nSPS) is 13.4. The van der Waals surface area contributed by atoms with Crippen LogP contribution in [0.25, 0.3) is 16.3 Å². The lowest BCUT2D eigenvalue weighted by Gasteiger charge is -2.11. The van der Waals surface area contributed by atoms with Crippen molar-refractivity contribution in [2.75, 3.05) is 19.8 Å². The third-order valence-corrected chi connectivity index (χ3v) is 4.97. The van der Waals surface area contributed by atoms with Crippen molar-refractivity contribution in [2.24, 2.45) is 0 Å². The van der Waals surface area contributed by atoms with E-state index >= 15 is 0 Å². The zero-order chi connectivity index (χ0) is 19.5. The third-order valence-electron chi connectivity index (χ3n) is 4.08. The van der Waals surface area contributed by atoms with Gasteiger partial charge in [-0.1, -0.05) is 24.3 Å². The van der Waals surface area contributed by atoms with Gasteiger partial charge in [0.1, 0.15) is 12.3 Å². The molecule has 0 radical (unpaired) electrons. The molecule has 1 aromatic carbocycles. The molecule has 28 heavy (non-hydrogen) atoms. The van der Waals surface area contributed by atoms with Gasteiger partial charge in [0.05, 0.1) is 17.1 Å². The van der Waals surface area contributed by atoms with Crippen molar-refractivity contribution in [1.29, 1.82) is 0 Å². The van der Waals surface area contributed by atoms with Crippen LogP contribution >= 0.6 is 11.3 Å². The fourth-order valence-corrected chi connectivity index (χ4v) is 3.42. The molecule has 1 fully saturated rings. The topological polar surface area (TPSA) is 90.7 Å². The Bertz CT molecular complexity index is 1010. The number of para-hydroxylation sites is 1. The van der Waals surface area contributed by atoms with Gasteiger partial charge in [0.2, 0.25) is 0 Å². The molecule has 0 aliphatic carbocycles. The van der Waals surface area contributed by atoms with Crippen molar-refractivity contribution in [1.82, 2.24) is 14.7 Å². The molecule has 1 saturated heterocycles. The lowest BCUT2D eigenvalue weighted by atomic mass is 10.3. The van der Waals surface area contributed by atoms with E-state index in [9.17, 15) is 14.4 Å². The lowest BCUT2D eigenvalue weighted by molar-refractivity contribution is -0.131. The van der Waals surface area contributed by atoms with E-state index in [0.717, 1.165) is 9.78 Å². The van der Waals surface area contributed by atoms with Crippen LogP contribution in [0.5, 0.6) is 0 Å². The smallest absolute Gasteiger partial charge is 0.416 e. The SMILES string of the molecule is O=C(OCC(=O)N1CCOC1=O)c1cc(-c2cccs2)nn1-c1ccccc1. The summed E-state index contributed by atoms with van der Waals surface area (Å²) in [6.07, 6.45) is -0.727. The van der Waals surface area contributed by atoms with Gasteiger partial charge in [-0.3, -0.25) is 4.79 Å². The molecule has 0 saturated carbocycles. The van der Waals surface area contributed by atoms with Crippen molar-refractivity contribution >= 4 is 29.3 Å². The molecule has 9 heteroatoms. The number of amides is 2. The molecule has 0 N–H and O–H groups in total. The molecule has 0 spiro atoms. The summed E-state index contributed by atoms with van der Waals surface area (Å²) in [6.45, 7) is -0.259. The Kier molecular flexibility index (Phi) is 4.90. The third kappa shape index (κ3) is 3.52. The van der Waals surface area contributed by atoms with Gasteiger partial charge >= 0.3 is 12.1 Å². The standard InChI is InChI=1S/C19H15N3O5S/c23-17(21-8-9-26-19(21)25)12-27-18(24)15-11-14(16-7-4-10-28-16)20-22(15)13-5-2-1-3-6-13/h1-7,10-11H,8-9,12H2. The molecule has 1 aliphatic rings. The predicted octanol–water partition coefficient (Wildman–Crippen LogP) is 2.74. The van der Waals surface area contributed by atoms with Crippen LogP contribution in [0.2, 0.25) is 0 Å². The first-order valence-electron chi connectivity index (χ1n) is 8.47. The van der Waals surface area contributed by atoms with Crippen LogP contribution < -0.4 is 0 Å². The molecule has 2 amide bonds. The summed E-state index contributed by atoms with van der Waals surface area (Å²) in [5.41, 5.74) is 1.50. The Hall–Kier alpha value is -3.46. The Morgan fingerprint density at radius 3 is 2.68 bits per heavy atom. The summed E-state index contributed by atoms with van der Waals surface area (Å²) in [7, 11) is 0. The van der Waals surface area contributed by atoms with E-state index in [0.29, 0.717) is 11.4 Å². The number of esters is 1. The molecule has 3 aromatic rings. The maximum atomic E-state index is 12.7. The molecule has 4 rings (SSSR count). The lowest BCUT2D eigenvalue weighted by Crippen LogP contribution is -2.35. The molecule has 0 atom stereocenters. The van der Waals surface area contributed by atoms with Crippen molar-refractivity contribution in [3.05, 3.63) is 59.6 Å². The number of rotatable bonds is 5. The second-order valence-corrected chi connectivity index (χ2v) is 6.82. The second kappa shape index (κ2) is 7.65. The van der Waals surface area contributed by atoms with Crippen LogP contribution in [0, 0.1) is 0 Å². The second-order valence-electron chi connectivity index (χ2n) is 5.88. The molecule has 3 heterocycles. The maximum absolute atomic E-state index is 12.7. The number of hydrogen-bond acceptors (Lipinski definition) is 7. The number of hydrogen-bond donors (Lipinski definition) is 0. The van der Waals surface area contributed by atoms with Crippen LogP contribution in [0.1, 0.15) is 10.5 Å². The molecule has 0 unspecified atom stereocenters. The van der Waals surface area contributed by atoms with Crippen molar-refractivity contribution in [2.45, 2.75) is 0 Å². The van der Waals surface area contributed by atoms with Gasteiger partial charge in [0.25, 0.3) is 5.91 Å². The fourth-order valence-electron chi connectivity index (χ4n) is 2.74. The number of ether oxygens (including phenoxy) is 2. The zero-order valence-corrected chi connectivity index (χ0v) is 15.4. The average Bonchev–Trinajstić information content (AvgIpc) is 3.46. The molecular weight excluding hydrogens is 382 g/mol. The summed E-state index contributed by atoms with van der Waals surface area (Å²) < 4.78 is 11.3. The van der Waals surface area contributed by atoms with Crippen LogP contribution in [0.4, 0.5) is 4.79 Å². The number of aromatic nitrogens is 2. The molecule has 142 valence electrons. The number of carbonyl (C=O) groups excluding carboxylic acids is 3. The number of carbonyl (C=O) groups is 3. The first kappa shape index (κ1) is 17.9. The van der Waals surface area contributed by atoms with Gasteiger partial charge in [-0.2, -0.15) is 5.10 Å². The van der Waals surface area contributed by atoms with Crippen molar-refractivity contribution in [3.63, 3.8) is 0 Å². The number of cyclic esters (lactones) is 1. The first-order valence-corrected chi connectivity index (χ1v) is 9.35. The van der Waals surface area contributed by atoms with E-state index < -0.39 is 24.6 Å². The minimum Gasteiger partial charge on any atom is -0.451 e. The monoisotopic (exact) mass is 397 g/mol. The average molecular weight is 397 g/mol. The van der Waals surface area contributed by atoms with E-state index in [1.807, 2.05) is 47.8 Å². The summed E-state index contributed by atoms with van der Waals surface area (Å²) in [5, 5.41) is 6.44. The summed E-state index contributed by atoms with van der Waals surface area (Å²) in [5.74, 6) is -1.33. The highest BCUT2D eigenvalue weighted by Gasteiger charge is 2.29. The zero-order valence-electron chi connectivity index (χ0n) is 14.6. The van der Waals surface area contributed by atoms with Gasteiger partial charge in [-0.15, -0.1) is 11.3 Å². The van der Waals surface area contributed by atoms with Crippen LogP contribution in [0.3, 0.4) is 0 Å². The van der Waals surface area contributed by atoms with E-state index in [4.69, 9.17) is 9.47 Å². The highest BCUT2D eigenvalue weighted by Crippen LogP contribution is 2.26. The first-order chi connectivity index (χ1) is 13.6. The largest absolute Gasteiger partial charge is 0.451 e. The molecule has 0 bridgehead atoms. The highest BCUT2D eigenvalue weighted by atomic mass is 32.1. The quantitative estimate of drug-likeness (QED) is 0.615. The molecule has 2 aromatic heterocycles. The van der Waals surface area contributed by atoms with Crippen molar-refractivity contribution < 1.29 is 23.9 Å². The minimum atomic E-state index is -0.727. The van der Waals surface area contributed by atoms with E-state index in [1.165, 1.54) is 16.0 Å². The number of benzene rings is 1. The number of thiophene rings is 1. The minimum absolute atomic E-state index is 0.142. The molecular formula is C19H15N3O5S. The Labute approximate surface area is 163 Å². The van der Waals surface area contributed by atoms with Gasteiger partial charge < -0.3 is 9.47 Å².